The molecule has 1 aromatic rings. The molecule has 0 atom stereocenters. The van der Waals surface area contributed by atoms with Crippen LogP contribution >= 0.6 is 0 Å². The van der Waals surface area contributed by atoms with Crippen LogP contribution < -0.4 is 5.43 Å². The summed E-state index contributed by atoms with van der Waals surface area (Å²) in [6.45, 7) is 3.48. The third kappa shape index (κ3) is 5.01. The van der Waals surface area contributed by atoms with E-state index in [-0.39, 0.29) is 24.3 Å². The predicted octanol–water partition coefficient (Wildman–Crippen LogP) is 1.65. The summed E-state index contributed by atoms with van der Waals surface area (Å²) >= 11 is 0. The lowest BCUT2D eigenvalue weighted by molar-refractivity contribution is -0.385. The predicted molar refractivity (Wildman–Crippen MR) is 74.9 cm³/mol. The van der Waals surface area contributed by atoms with Gasteiger partial charge in [-0.05, 0) is 19.9 Å². The number of hydrazone groups is 1. The molecule has 0 spiro atoms. The van der Waals surface area contributed by atoms with Crippen molar-refractivity contribution in [1.29, 1.82) is 0 Å². The number of nitro groups is 1. The second kappa shape index (κ2) is 7.73. The molecule has 0 radical (unpaired) electrons. The van der Waals surface area contributed by atoms with Crippen molar-refractivity contribution in [3.8, 4) is 0 Å². The van der Waals surface area contributed by atoms with Gasteiger partial charge >= 0.3 is 5.97 Å². The molecule has 0 aromatic heterocycles. The first-order valence-corrected chi connectivity index (χ1v) is 6.18. The molecule has 0 saturated carbocycles. The van der Waals surface area contributed by atoms with E-state index in [1.165, 1.54) is 31.2 Å². The van der Waals surface area contributed by atoms with Gasteiger partial charge in [0.25, 0.3) is 11.6 Å². The number of benzene rings is 1. The number of para-hydroxylation sites is 1. The molecule has 1 rings (SSSR count). The fourth-order valence-electron chi connectivity index (χ4n) is 1.49. The molecular formula is C13H15N3O5. The summed E-state index contributed by atoms with van der Waals surface area (Å²) in [6.07, 6.45) is -0.0645. The third-order valence-corrected chi connectivity index (χ3v) is 2.40. The van der Waals surface area contributed by atoms with Gasteiger partial charge in [-0.3, -0.25) is 19.7 Å². The minimum absolute atomic E-state index is 0.0645. The van der Waals surface area contributed by atoms with Crippen molar-refractivity contribution in [3.05, 3.63) is 39.9 Å². The second-order valence-electron chi connectivity index (χ2n) is 4.04. The van der Waals surface area contributed by atoms with Gasteiger partial charge in [0, 0.05) is 11.8 Å². The first-order chi connectivity index (χ1) is 9.95. The van der Waals surface area contributed by atoms with Crippen LogP contribution in [0.4, 0.5) is 5.69 Å². The monoisotopic (exact) mass is 293 g/mol. The van der Waals surface area contributed by atoms with E-state index in [1.807, 2.05) is 0 Å². The zero-order valence-electron chi connectivity index (χ0n) is 11.7. The van der Waals surface area contributed by atoms with E-state index >= 15 is 0 Å². The zero-order chi connectivity index (χ0) is 15.8. The summed E-state index contributed by atoms with van der Waals surface area (Å²) in [5.41, 5.74) is 2.10. The van der Waals surface area contributed by atoms with Crippen LogP contribution in [-0.4, -0.2) is 29.1 Å². The quantitative estimate of drug-likeness (QED) is 0.371. The summed E-state index contributed by atoms with van der Waals surface area (Å²) in [6, 6.07) is 5.52. The Morgan fingerprint density at radius 1 is 1.38 bits per heavy atom. The lowest BCUT2D eigenvalue weighted by atomic mass is 10.2. The van der Waals surface area contributed by atoms with E-state index in [0.29, 0.717) is 5.71 Å². The van der Waals surface area contributed by atoms with Crippen LogP contribution in [0.25, 0.3) is 0 Å². The fraction of sp³-hybridized carbons (Fsp3) is 0.308. The maximum absolute atomic E-state index is 11.8. The smallest absolute Gasteiger partial charge is 0.311 e. The van der Waals surface area contributed by atoms with Crippen molar-refractivity contribution in [2.45, 2.75) is 20.3 Å². The van der Waals surface area contributed by atoms with Gasteiger partial charge in [0.15, 0.2) is 0 Å². The summed E-state index contributed by atoms with van der Waals surface area (Å²) in [5.74, 6) is -1.18. The Morgan fingerprint density at radius 2 is 2.05 bits per heavy atom. The number of nitrogens with one attached hydrogen (secondary N) is 1. The molecule has 8 nitrogen and oxygen atoms in total. The van der Waals surface area contributed by atoms with E-state index in [0.717, 1.165) is 0 Å². The molecule has 0 unspecified atom stereocenters. The summed E-state index contributed by atoms with van der Waals surface area (Å²) in [7, 11) is 0. The third-order valence-electron chi connectivity index (χ3n) is 2.40. The number of esters is 1. The molecule has 0 fully saturated rings. The Morgan fingerprint density at radius 3 is 2.67 bits per heavy atom. The second-order valence-corrected chi connectivity index (χ2v) is 4.04. The Balaban J connectivity index is 2.74. The molecule has 21 heavy (non-hydrogen) atoms. The largest absolute Gasteiger partial charge is 0.466 e. The highest BCUT2D eigenvalue weighted by molar-refractivity contribution is 6.01. The number of nitro benzene ring substituents is 1. The van der Waals surface area contributed by atoms with Crippen LogP contribution in [0, 0.1) is 10.1 Å². The summed E-state index contributed by atoms with van der Waals surface area (Å²) in [4.78, 5) is 33.2. The Hall–Kier alpha value is -2.77. The van der Waals surface area contributed by atoms with E-state index in [9.17, 15) is 19.7 Å². The first kappa shape index (κ1) is 16.3. The number of rotatable bonds is 6. The Kier molecular flexibility index (Phi) is 5.99. The maximum atomic E-state index is 11.8. The molecule has 1 N–H and O–H groups in total. The highest BCUT2D eigenvalue weighted by Crippen LogP contribution is 2.17. The van der Waals surface area contributed by atoms with Crippen molar-refractivity contribution in [2.24, 2.45) is 5.10 Å². The van der Waals surface area contributed by atoms with Crippen LogP contribution in [-0.2, 0) is 9.53 Å². The lowest BCUT2D eigenvalue weighted by Crippen LogP contribution is -2.21. The SMILES string of the molecule is CCOC(=O)CC(C)=NNC(=O)c1ccccc1[N+](=O)[O-]. The van der Waals surface area contributed by atoms with Crippen molar-refractivity contribution < 1.29 is 19.2 Å². The van der Waals surface area contributed by atoms with Gasteiger partial charge in [0.1, 0.15) is 5.56 Å². The maximum Gasteiger partial charge on any atom is 0.311 e. The van der Waals surface area contributed by atoms with E-state index in [4.69, 9.17) is 4.74 Å². The van der Waals surface area contributed by atoms with Crippen LogP contribution in [0.5, 0.6) is 0 Å². The highest BCUT2D eigenvalue weighted by Gasteiger charge is 2.18. The summed E-state index contributed by atoms with van der Waals surface area (Å²) < 4.78 is 4.73. The van der Waals surface area contributed by atoms with Crippen LogP contribution in [0.3, 0.4) is 0 Å². The minimum Gasteiger partial charge on any atom is -0.466 e. The molecule has 0 bridgehead atoms. The number of carbonyl (C=O) groups is 2. The average Bonchev–Trinajstić information content (AvgIpc) is 2.44. The normalized spacial score (nSPS) is 10.9. The Labute approximate surface area is 120 Å². The molecule has 0 heterocycles. The number of hydrogen-bond acceptors (Lipinski definition) is 6. The van der Waals surface area contributed by atoms with Crippen LogP contribution in [0.15, 0.2) is 29.4 Å². The van der Waals surface area contributed by atoms with Gasteiger partial charge in [-0.25, -0.2) is 5.43 Å². The van der Waals surface area contributed by atoms with Gasteiger partial charge < -0.3 is 4.74 Å². The summed E-state index contributed by atoms with van der Waals surface area (Å²) in [5, 5.41) is 14.5. The molecule has 0 saturated heterocycles. The van der Waals surface area contributed by atoms with E-state index in [1.54, 1.807) is 6.92 Å². The van der Waals surface area contributed by atoms with Crippen molar-refractivity contribution in [2.75, 3.05) is 6.61 Å². The van der Waals surface area contributed by atoms with Gasteiger partial charge in [-0.1, -0.05) is 12.1 Å². The van der Waals surface area contributed by atoms with E-state index in [2.05, 4.69) is 10.5 Å². The number of carbonyl (C=O) groups excluding carboxylic acids is 2. The number of hydrogen-bond donors (Lipinski definition) is 1. The highest BCUT2D eigenvalue weighted by atomic mass is 16.6. The van der Waals surface area contributed by atoms with Gasteiger partial charge in [0.2, 0.25) is 0 Å². The van der Waals surface area contributed by atoms with Gasteiger partial charge in [-0.2, -0.15) is 5.10 Å². The molecule has 1 amide bonds. The molecule has 112 valence electrons. The molecule has 8 heteroatoms. The average molecular weight is 293 g/mol. The van der Waals surface area contributed by atoms with Crippen molar-refractivity contribution in [3.63, 3.8) is 0 Å². The van der Waals surface area contributed by atoms with Gasteiger partial charge in [-0.15, -0.1) is 0 Å². The topological polar surface area (TPSA) is 111 Å². The standard InChI is InChI=1S/C13H15N3O5/c1-3-21-12(17)8-9(2)14-15-13(18)10-6-4-5-7-11(10)16(19)20/h4-7H,3,8H2,1-2H3,(H,15,18). The molecular weight excluding hydrogens is 278 g/mol. The number of amides is 1. The van der Waals surface area contributed by atoms with E-state index < -0.39 is 16.8 Å². The first-order valence-electron chi connectivity index (χ1n) is 6.18. The molecule has 0 aliphatic rings. The lowest BCUT2D eigenvalue weighted by Gasteiger charge is -2.03. The minimum atomic E-state index is -0.717. The molecule has 0 aliphatic carbocycles. The molecule has 0 aliphatic heterocycles. The number of nitrogens with zero attached hydrogens (tertiary/aromatic N) is 2. The number of ether oxygens (including phenoxy) is 1. The van der Waals surface area contributed by atoms with Crippen molar-refractivity contribution in [1.82, 2.24) is 5.43 Å². The Bertz CT molecular complexity index is 583. The van der Waals surface area contributed by atoms with Gasteiger partial charge in [0.05, 0.1) is 18.0 Å². The molecule has 1 aromatic carbocycles. The van der Waals surface area contributed by atoms with Crippen molar-refractivity contribution >= 4 is 23.3 Å². The van der Waals surface area contributed by atoms with Crippen LogP contribution in [0.2, 0.25) is 0 Å². The zero-order valence-corrected chi connectivity index (χ0v) is 11.7. The fourth-order valence-corrected chi connectivity index (χ4v) is 1.49. The van der Waals surface area contributed by atoms with Crippen LogP contribution in [0.1, 0.15) is 30.6 Å².